The van der Waals surface area contributed by atoms with Gasteiger partial charge in [-0.05, 0) is 32.4 Å². The molecule has 0 aliphatic heterocycles. The molecular weight excluding hydrogens is 276 g/mol. The van der Waals surface area contributed by atoms with E-state index in [1.807, 2.05) is 29.9 Å². The molecule has 2 N–H and O–H groups in total. The van der Waals surface area contributed by atoms with Crippen molar-refractivity contribution in [1.29, 1.82) is 0 Å². The van der Waals surface area contributed by atoms with E-state index >= 15 is 0 Å². The monoisotopic (exact) mass is 296 g/mol. The Morgan fingerprint density at radius 1 is 1.37 bits per heavy atom. The smallest absolute Gasteiger partial charge is 0.191 e. The molecule has 2 atom stereocenters. The molecule has 104 valence electrons. The summed E-state index contributed by atoms with van der Waals surface area (Å²) < 4.78 is 2.01. The van der Waals surface area contributed by atoms with Crippen molar-refractivity contribution < 1.29 is 0 Å². The van der Waals surface area contributed by atoms with E-state index in [-0.39, 0.29) is 11.3 Å². The van der Waals surface area contributed by atoms with E-state index in [4.69, 9.17) is 5.73 Å². The van der Waals surface area contributed by atoms with Gasteiger partial charge in [0.25, 0.3) is 0 Å². The standard InChI is InChI=1S/C13H20N4S2/c1-5-10(14)12(11-7-6-8(2)18-11)19-13-16-15-9(3)17(13)4/h6-7,10,12H,5,14H2,1-4H3. The summed E-state index contributed by atoms with van der Waals surface area (Å²) >= 11 is 3.52. The van der Waals surface area contributed by atoms with Crippen LogP contribution in [0.3, 0.4) is 0 Å². The Balaban J connectivity index is 2.26. The Morgan fingerprint density at radius 3 is 2.58 bits per heavy atom. The third-order valence-electron chi connectivity index (χ3n) is 3.19. The zero-order valence-corrected chi connectivity index (χ0v) is 13.4. The average Bonchev–Trinajstić information content (AvgIpc) is 2.95. The molecule has 0 radical (unpaired) electrons. The lowest BCUT2D eigenvalue weighted by Gasteiger charge is -2.20. The summed E-state index contributed by atoms with van der Waals surface area (Å²) in [4.78, 5) is 2.63. The van der Waals surface area contributed by atoms with Crippen LogP contribution < -0.4 is 5.73 Å². The molecule has 4 nitrogen and oxygen atoms in total. The van der Waals surface area contributed by atoms with Gasteiger partial charge in [0, 0.05) is 22.8 Å². The van der Waals surface area contributed by atoms with Gasteiger partial charge in [-0.3, -0.25) is 0 Å². The minimum absolute atomic E-state index is 0.125. The molecule has 0 amide bonds. The summed E-state index contributed by atoms with van der Waals surface area (Å²) in [6, 6.07) is 4.45. The summed E-state index contributed by atoms with van der Waals surface area (Å²) in [5, 5.41) is 9.51. The van der Waals surface area contributed by atoms with Crippen molar-refractivity contribution in [2.75, 3.05) is 0 Å². The fraction of sp³-hybridized carbons (Fsp3) is 0.538. The van der Waals surface area contributed by atoms with E-state index in [2.05, 4.69) is 36.2 Å². The fourth-order valence-electron chi connectivity index (χ4n) is 1.78. The van der Waals surface area contributed by atoms with Gasteiger partial charge < -0.3 is 10.3 Å². The van der Waals surface area contributed by atoms with Crippen LogP contribution >= 0.6 is 23.1 Å². The highest BCUT2D eigenvalue weighted by molar-refractivity contribution is 7.99. The second-order valence-corrected chi connectivity index (χ2v) is 7.08. The highest BCUT2D eigenvalue weighted by Crippen LogP contribution is 2.40. The van der Waals surface area contributed by atoms with Gasteiger partial charge in [-0.25, -0.2) is 0 Å². The number of hydrogen-bond acceptors (Lipinski definition) is 5. The number of thiophene rings is 1. The molecular formula is C13H20N4S2. The maximum Gasteiger partial charge on any atom is 0.191 e. The van der Waals surface area contributed by atoms with Crippen LogP contribution in [0, 0.1) is 13.8 Å². The first kappa shape index (κ1) is 14.6. The van der Waals surface area contributed by atoms with Crippen molar-refractivity contribution >= 4 is 23.1 Å². The van der Waals surface area contributed by atoms with Crippen LogP contribution in [0.5, 0.6) is 0 Å². The molecule has 2 heterocycles. The molecule has 2 aromatic heterocycles. The second-order valence-electron chi connectivity index (χ2n) is 4.65. The van der Waals surface area contributed by atoms with E-state index in [9.17, 15) is 0 Å². The third-order valence-corrected chi connectivity index (χ3v) is 5.84. The van der Waals surface area contributed by atoms with Crippen LogP contribution in [0.15, 0.2) is 17.3 Å². The van der Waals surface area contributed by atoms with Crippen molar-refractivity contribution in [1.82, 2.24) is 14.8 Å². The SMILES string of the molecule is CCC(N)C(Sc1nnc(C)n1C)c1ccc(C)s1. The van der Waals surface area contributed by atoms with Gasteiger partial charge >= 0.3 is 0 Å². The zero-order valence-electron chi connectivity index (χ0n) is 11.8. The van der Waals surface area contributed by atoms with E-state index < -0.39 is 0 Å². The minimum atomic E-state index is 0.125. The van der Waals surface area contributed by atoms with Crippen molar-refractivity contribution in [2.24, 2.45) is 12.8 Å². The average molecular weight is 296 g/mol. The molecule has 0 saturated heterocycles. The fourth-order valence-corrected chi connectivity index (χ4v) is 4.17. The summed E-state index contributed by atoms with van der Waals surface area (Å²) in [5.74, 6) is 0.925. The van der Waals surface area contributed by atoms with E-state index in [0.29, 0.717) is 0 Å². The highest BCUT2D eigenvalue weighted by atomic mass is 32.2. The summed E-state index contributed by atoms with van der Waals surface area (Å²) in [6.45, 7) is 6.21. The van der Waals surface area contributed by atoms with Gasteiger partial charge in [-0.2, -0.15) is 0 Å². The largest absolute Gasteiger partial charge is 0.326 e. The van der Waals surface area contributed by atoms with Gasteiger partial charge in [0.05, 0.1) is 5.25 Å². The van der Waals surface area contributed by atoms with E-state index in [0.717, 1.165) is 17.4 Å². The highest BCUT2D eigenvalue weighted by Gasteiger charge is 2.23. The van der Waals surface area contributed by atoms with Crippen LogP contribution in [0.25, 0.3) is 0 Å². The molecule has 0 fully saturated rings. The summed E-state index contributed by atoms with van der Waals surface area (Å²) in [6.07, 6.45) is 0.950. The maximum absolute atomic E-state index is 6.29. The molecule has 0 bridgehead atoms. The molecule has 6 heteroatoms. The predicted molar refractivity (Wildman–Crippen MR) is 81.7 cm³/mol. The molecule has 19 heavy (non-hydrogen) atoms. The Bertz CT molecular complexity index is 547. The van der Waals surface area contributed by atoms with Crippen LogP contribution in [0.4, 0.5) is 0 Å². The van der Waals surface area contributed by atoms with Crippen LogP contribution in [0.1, 0.15) is 34.2 Å². The lowest BCUT2D eigenvalue weighted by atomic mass is 10.1. The predicted octanol–water partition coefficient (Wildman–Crippen LogP) is 3.06. The maximum atomic E-state index is 6.29. The van der Waals surface area contributed by atoms with Crippen molar-refractivity contribution in [2.45, 2.75) is 43.6 Å². The van der Waals surface area contributed by atoms with Crippen molar-refractivity contribution in [3.05, 3.63) is 27.7 Å². The van der Waals surface area contributed by atoms with E-state index in [1.54, 1.807) is 11.8 Å². The Kier molecular flexibility index (Phi) is 4.65. The lowest BCUT2D eigenvalue weighted by molar-refractivity contribution is 0.635. The molecule has 0 spiro atoms. The summed E-state index contributed by atoms with van der Waals surface area (Å²) in [7, 11) is 1.99. The van der Waals surface area contributed by atoms with Gasteiger partial charge in [-0.15, -0.1) is 21.5 Å². The number of rotatable bonds is 5. The van der Waals surface area contributed by atoms with Crippen LogP contribution in [-0.4, -0.2) is 20.8 Å². The van der Waals surface area contributed by atoms with Crippen molar-refractivity contribution in [3.63, 3.8) is 0 Å². The quantitative estimate of drug-likeness (QED) is 0.862. The first-order valence-electron chi connectivity index (χ1n) is 6.37. The molecule has 0 aliphatic rings. The molecule has 2 aromatic rings. The normalized spacial score (nSPS) is 14.6. The second kappa shape index (κ2) is 6.07. The first-order chi connectivity index (χ1) is 9.02. The lowest BCUT2D eigenvalue weighted by Crippen LogP contribution is -2.25. The number of nitrogens with zero attached hydrogens (tertiary/aromatic N) is 3. The molecule has 2 unspecified atom stereocenters. The van der Waals surface area contributed by atoms with Gasteiger partial charge in [0.15, 0.2) is 5.16 Å². The Labute approximate surface area is 122 Å². The number of aromatic nitrogens is 3. The third kappa shape index (κ3) is 3.19. The number of aryl methyl sites for hydroxylation is 2. The topological polar surface area (TPSA) is 56.7 Å². The van der Waals surface area contributed by atoms with Gasteiger partial charge in [0.1, 0.15) is 5.82 Å². The minimum Gasteiger partial charge on any atom is -0.326 e. The molecule has 0 aromatic carbocycles. The molecule has 0 aliphatic carbocycles. The van der Waals surface area contributed by atoms with Crippen LogP contribution in [0.2, 0.25) is 0 Å². The Hall–Kier alpha value is -0.850. The Morgan fingerprint density at radius 2 is 2.11 bits per heavy atom. The number of thioether (sulfide) groups is 1. The number of nitrogens with two attached hydrogens (primary N) is 1. The molecule has 2 rings (SSSR count). The molecule has 0 saturated carbocycles. The van der Waals surface area contributed by atoms with Gasteiger partial charge in [0.2, 0.25) is 0 Å². The summed E-state index contributed by atoms with van der Waals surface area (Å²) in [5.41, 5.74) is 6.29. The van der Waals surface area contributed by atoms with Gasteiger partial charge in [-0.1, -0.05) is 18.7 Å². The van der Waals surface area contributed by atoms with Crippen molar-refractivity contribution in [3.8, 4) is 0 Å². The zero-order chi connectivity index (χ0) is 14.0. The first-order valence-corrected chi connectivity index (χ1v) is 8.07. The number of hydrogen-bond donors (Lipinski definition) is 1. The van der Waals surface area contributed by atoms with Crippen LogP contribution in [-0.2, 0) is 7.05 Å². The van der Waals surface area contributed by atoms with E-state index in [1.165, 1.54) is 9.75 Å².